The van der Waals surface area contributed by atoms with E-state index in [9.17, 15) is 13.2 Å². The Labute approximate surface area is 238 Å². The van der Waals surface area contributed by atoms with E-state index in [1.807, 2.05) is 12.1 Å². The third kappa shape index (κ3) is 6.62. The van der Waals surface area contributed by atoms with Gasteiger partial charge in [0.25, 0.3) is 5.91 Å². The summed E-state index contributed by atoms with van der Waals surface area (Å²) in [6.45, 7) is 12.1. The molecular formula is C27H32ClN5O4S2. The molecule has 39 heavy (non-hydrogen) atoms. The number of rotatable bonds is 12. The lowest BCUT2D eigenvalue weighted by molar-refractivity contribution is 0.0947. The number of ether oxygens (including phenoxy) is 1. The van der Waals surface area contributed by atoms with Crippen LogP contribution in [0.1, 0.15) is 10.4 Å². The van der Waals surface area contributed by atoms with Gasteiger partial charge in [0.15, 0.2) is 10.9 Å². The molecule has 12 heteroatoms. The summed E-state index contributed by atoms with van der Waals surface area (Å²) in [5.74, 6) is 0.360. The van der Waals surface area contributed by atoms with Gasteiger partial charge in [0.1, 0.15) is 5.52 Å². The summed E-state index contributed by atoms with van der Waals surface area (Å²) in [6, 6.07) is 9.76. The Balaban J connectivity index is 1.26. The van der Waals surface area contributed by atoms with Crippen LogP contribution in [0.15, 0.2) is 66.6 Å². The number of sulfonamides is 1. The first-order valence-corrected chi connectivity index (χ1v) is 15.1. The molecule has 0 spiro atoms. The minimum absolute atomic E-state index is 0.121. The summed E-state index contributed by atoms with van der Waals surface area (Å²) in [5.41, 5.74) is 1.19. The average molecular weight is 590 g/mol. The maximum atomic E-state index is 12.8. The lowest BCUT2D eigenvalue weighted by atomic mass is 10.2. The number of amides is 1. The number of benzene rings is 2. The zero-order valence-electron chi connectivity index (χ0n) is 21.8. The summed E-state index contributed by atoms with van der Waals surface area (Å²) < 4.78 is 33.4. The number of aromatic nitrogens is 1. The van der Waals surface area contributed by atoms with Crippen molar-refractivity contribution >= 4 is 54.2 Å². The summed E-state index contributed by atoms with van der Waals surface area (Å²) in [4.78, 5) is 22.1. The van der Waals surface area contributed by atoms with Crippen LogP contribution in [0.3, 0.4) is 0 Å². The fourth-order valence-electron chi connectivity index (χ4n) is 4.34. The van der Waals surface area contributed by atoms with Crippen LogP contribution in [0.2, 0.25) is 5.02 Å². The van der Waals surface area contributed by atoms with Gasteiger partial charge in [-0.05, 0) is 36.4 Å². The molecule has 2 aromatic carbocycles. The number of nitrogens with zero attached hydrogens (tertiary/aromatic N) is 4. The third-order valence-corrected chi connectivity index (χ3v) is 9.66. The number of carbonyl (C=O) groups is 1. The Morgan fingerprint density at radius 1 is 1.13 bits per heavy atom. The highest BCUT2D eigenvalue weighted by molar-refractivity contribution is 7.89. The summed E-state index contributed by atoms with van der Waals surface area (Å²) in [7, 11) is -2.11. The Hall–Kier alpha value is -2.96. The van der Waals surface area contributed by atoms with Gasteiger partial charge >= 0.3 is 0 Å². The van der Waals surface area contributed by atoms with E-state index in [1.165, 1.54) is 40.7 Å². The Morgan fingerprint density at radius 3 is 2.41 bits per heavy atom. The van der Waals surface area contributed by atoms with Crippen LogP contribution in [-0.2, 0) is 10.0 Å². The van der Waals surface area contributed by atoms with E-state index in [0.717, 1.165) is 41.5 Å². The van der Waals surface area contributed by atoms with Crippen molar-refractivity contribution in [2.75, 3.05) is 64.4 Å². The van der Waals surface area contributed by atoms with Gasteiger partial charge in [-0.3, -0.25) is 9.69 Å². The Kier molecular flexibility index (Phi) is 9.62. The summed E-state index contributed by atoms with van der Waals surface area (Å²) >= 11 is 7.87. The SMILES string of the molecule is C=CCN(CC=C)S(=O)(=O)c1ccc(C(=O)NCCN2CCN(c3nc4c(OC)c(Cl)ccc4s3)CC2)cc1. The van der Waals surface area contributed by atoms with Gasteiger partial charge < -0.3 is 15.0 Å². The molecule has 3 aromatic rings. The van der Waals surface area contributed by atoms with Crippen LogP contribution < -0.4 is 15.0 Å². The number of anilines is 1. The van der Waals surface area contributed by atoms with E-state index >= 15 is 0 Å². The normalized spacial score (nSPS) is 14.5. The lowest BCUT2D eigenvalue weighted by Crippen LogP contribution is -2.48. The van der Waals surface area contributed by atoms with Gasteiger partial charge in [0.2, 0.25) is 10.0 Å². The van der Waals surface area contributed by atoms with Crippen LogP contribution in [0.25, 0.3) is 10.2 Å². The molecule has 1 aromatic heterocycles. The van der Waals surface area contributed by atoms with Gasteiger partial charge in [-0.2, -0.15) is 4.31 Å². The number of hydrogen-bond acceptors (Lipinski definition) is 8. The molecule has 1 N–H and O–H groups in total. The Morgan fingerprint density at radius 2 is 1.79 bits per heavy atom. The molecule has 1 fully saturated rings. The van der Waals surface area contributed by atoms with Gasteiger partial charge in [-0.15, -0.1) is 13.2 Å². The van der Waals surface area contributed by atoms with Crippen LogP contribution in [0.5, 0.6) is 5.75 Å². The highest BCUT2D eigenvalue weighted by Gasteiger charge is 2.23. The van der Waals surface area contributed by atoms with E-state index in [0.29, 0.717) is 29.4 Å². The number of nitrogens with one attached hydrogen (secondary N) is 1. The number of carbonyl (C=O) groups excluding carboxylic acids is 1. The molecule has 208 valence electrons. The van der Waals surface area contributed by atoms with E-state index in [2.05, 4.69) is 28.3 Å². The molecule has 1 aliphatic rings. The van der Waals surface area contributed by atoms with E-state index in [4.69, 9.17) is 21.3 Å². The molecule has 0 atom stereocenters. The minimum Gasteiger partial charge on any atom is -0.493 e. The molecule has 4 rings (SSSR count). The predicted molar refractivity (Wildman–Crippen MR) is 158 cm³/mol. The van der Waals surface area contributed by atoms with E-state index in [-0.39, 0.29) is 23.9 Å². The molecule has 0 radical (unpaired) electrons. The van der Waals surface area contributed by atoms with Crippen LogP contribution in [0, 0.1) is 0 Å². The molecule has 0 bridgehead atoms. The maximum Gasteiger partial charge on any atom is 0.251 e. The second-order valence-corrected chi connectivity index (χ2v) is 12.3. The van der Waals surface area contributed by atoms with Crippen molar-refractivity contribution in [3.8, 4) is 5.75 Å². The van der Waals surface area contributed by atoms with Crippen molar-refractivity contribution in [2.24, 2.45) is 0 Å². The number of halogens is 1. The molecule has 0 aliphatic carbocycles. The van der Waals surface area contributed by atoms with Gasteiger partial charge in [-0.1, -0.05) is 35.1 Å². The van der Waals surface area contributed by atoms with Crippen LogP contribution in [-0.4, -0.2) is 88.0 Å². The highest BCUT2D eigenvalue weighted by atomic mass is 35.5. The third-order valence-electron chi connectivity index (χ3n) is 6.44. The zero-order chi connectivity index (χ0) is 28.0. The van der Waals surface area contributed by atoms with Crippen molar-refractivity contribution in [1.82, 2.24) is 19.5 Å². The van der Waals surface area contributed by atoms with Gasteiger partial charge in [-0.25, -0.2) is 13.4 Å². The molecule has 9 nitrogen and oxygen atoms in total. The van der Waals surface area contributed by atoms with Gasteiger partial charge in [0, 0.05) is 57.9 Å². The number of fused-ring (bicyclic) bond motifs is 1. The number of hydrogen-bond donors (Lipinski definition) is 1. The summed E-state index contributed by atoms with van der Waals surface area (Å²) in [6.07, 6.45) is 3.05. The lowest BCUT2D eigenvalue weighted by Gasteiger charge is -2.34. The molecule has 2 heterocycles. The standard InChI is InChI=1S/C27H32ClN5O4S2/c1-4-13-33(14-5-2)39(35,36)21-8-6-20(7-9-21)26(34)29-12-15-31-16-18-32(19-17-31)27-30-24-23(38-27)11-10-22(28)25(24)37-3/h4-11H,1-2,12-19H2,3H3,(H,29,34). The highest BCUT2D eigenvalue weighted by Crippen LogP contribution is 2.38. The number of piperazine rings is 1. The largest absolute Gasteiger partial charge is 0.493 e. The topological polar surface area (TPSA) is 95.1 Å². The Bertz CT molecular complexity index is 1420. The molecule has 0 saturated carbocycles. The fourth-order valence-corrected chi connectivity index (χ4v) is 6.97. The molecule has 1 amide bonds. The second kappa shape index (κ2) is 12.9. The first-order valence-electron chi connectivity index (χ1n) is 12.5. The molecule has 0 unspecified atom stereocenters. The van der Waals surface area contributed by atoms with Crippen molar-refractivity contribution in [1.29, 1.82) is 0 Å². The zero-order valence-corrected chi connectivity index (χ0v) is 24.2. The monoisotopic (exact) mass is 589 g/mol. The van der Waals surface area contributed by atoms with Crippen molar-refractivity contribution in [3.05, 3.63) is 72.3 Å². The first kappa shape index (κ1) is 29.0. The van der Waals surface area contributed by atoms with Crippen molar-refractivity contribution < 1.29 is 17.9 Å². The predicted octanol–water partition coefficient (Wildman–Crippen LogP) is 3.87. The molecule has 1 saturated heterocycles. The maximum absolute atomic E-state index is 12.8. The van der Waals surface area contributed by atoms with E-state index < -0.39 is 10.0 Å². The molecule has 1 aliphatic heterocycles. The average Bonchev–Trinajstić information content (AvgIpc) is 3.37. The number of thiazole rings is 1. The molecular weight excluding hydrogens is 558 g/mol. The first-order chi connectivity index (χ1) is 18.8. The summed E-state index contributed by atoms with van der Waals surface area (Å²) in [5, 5.41) is 4.42. The quantitative estimate of drug-likeness (QED) is 0.320. The van der Waals surface area contributed by atoms with Crippen molar-refractivity contribution in [2.45, 2.75) is 4.90 Å². The second-order valence-electron chi connectivity index (χ2n) is 8.93. The van der Waals surface area contributed by atoms with E-state index in [1.54, 1.807) is 18.4 Å². The smallest absolute Gasteiger partial charge is 0.251 e. The number of methoxy groups -OCH3 is 1. The van der Waals surface area contributed by atoms with Crippen molar-refractivity contribution in [3.63, 3.8) is 0 Å². The fraction of sp³-hybridized carbons (Fsp3) is 0.333. The van der Waals surface area contributed by atoms with Crippen LogP contribution in [0.4, 0.5) is 5.13 Å². The van der Waals surface area contributed by atoms with Crippen LogP contribution >= 0.6 is 22.9 Å². The minimum atomic E-state index is -3.70. The van der Waals surface area contributed by atoms with Gasteiger partial charge in [0.05, 0.1) is 21.7 Å².